The lowest BCUT2D eigenvalue weighted by atomic mass is 9.95. The van der Waals surface area contributed by atoms with E-state index in [-0.39, 0.29) is 22.2 Å². The summed E-state index contributed by atoms with van der Waals surface area (Å²) in [6.07, 6.45) is 2.36. The highest BCUT2D eigenvalue weighted by atomic mass is 35.5. The molecule has 1 atom stereocenters. The highest BCUT2D eigenvalue weighted by Gasteiger charge is 2.40. The lowest BCUT2D eigenvalue weighted by Gasteiger charge is -2.22. The van der Waals surface area contributed by atoms with Crippen LogP contribution in [0.15, 0.2) is 16.3 Å². The van der Waals surface area contributed by atoms with Crippen molar-refractivity contribution < 1.29 is 8.42 Å². The maximum atomic E-state index is 11.3. The molecule has 0 amide bonds. The van der Waals surface area contributed by atoms with E-state index in [2.05, 4.69) is 6.92 Å². The Hall–Kier alpha value is -0.180. The van der Waals surface area contributed by atoms with Crippen LogP contribution >= 0.6 is 35.1 Å². The van der Waals surface area contributed by atoms with Gasteiger partial charge in [-0.1, -0.05) is 0 Å². The van der Waals surface area contributed by atoms with Crippen LogP contribution in [0.2, 0.25) is 0 Å². The fourth-order valence-electron chi connectivity index (χ4n) is 2.11. The lowest BCUT2D eigenvalue weighted by Crippen LogP contribution is -2.34. The first-order valence-corrected chi connectivity index (χ1v) is 8.82. The molecule has 19 heavy (non-hydrogen) atoms. The standard InChI is InChI=1S/C11H14N2O2S3.ClH/c1-11(12,7-2-3-7)8-4-6-5-9(18(13,14)15)17-10(6)16-8;/h4-5,7H,2-3,12H2,1H3,(H2,13,14,15);1H. The molecule has 0 radical (unpaired) electrons. The van der Waals surface area contributed by atoms with Gasteiger partial charge in [0.15, 0.2) is 0 Å². The van der Waals surface area contributed by atoms with Gasteiger partial charge in [0.1, 0.15) is 4.21 Å². The summed E-state index contributed by atoms with van der Waals surface area (Å²) in [6.45, 7) is 2.06. The number of hydrogen-bond donors (Lipinski definition) is 2. The molecular formula is C11H15ClN2O2S3. The Morgan fingerprint density at radius 2 is 1.95 bits per heavy atom. The Balaban J connectivity index is 0.00000133. The minimum absolute atomic E-state index is 0. The predicted molar refractivity (Wildman–Crippen MR) is 82.6 cm³/mol. The molecule has 1 unspecified atom stereocenters. The summed E-state index contributed by atoms with van der Waals surface area (Å²) < 4.78 is 23.7. The van der Waals surface area contributed by atoms with Gasteiger partial charge in [0.05, 0.1) is 9.55 Å². The van der Waals surface area contributed by atoms with Crippen molar-refractivity contribution in [3.8, 4) is 0 Å². The molecule has 2 heterocycles. The van der Waals surface area contributed by atoms with E-state index in [1.54, 1.807) is 17.4 Å². The smallest absolute Gasteiger partial charge is 0.247 e. The Morgan fingerprint density at radius 3 is 2.42 bits per heavy atom. The number of hydrogen-bond acceptors (Lipinski definition) is 5. The molecule has 1 aliphatic rings. The third-order valence-corrected chi connectivity index (χ3v) is 7.49. The van der Waals surface area contributed by atoms with Gasteiger partial charge >= 0.3 is 0 Å². The number of sulfonamides is 1. The van der Waals surface area contributed by atoms with E-state index in [0.717, 1.165) is 14.3 Å². The molecule has 4 N–H and O–H groups in total. The van der Waals surface area contributed by atoms with Gasteiger partial charge < -0.3 is 5.73 Å². The van der Waals surface area contributed by atoms with Crippen LogP contribution in [0.25, 0.3) is 9.40 Å². The molecule has 1 saturated carbocycles. The first-order chi connectivity index (χ1) is 8.28. The molecule has 4 nitrogen and oxygen atoms in total. The molecule has 0 saturated heterocycles. The lowest BCUT2D eigenvalue weighted by molar-refractivity contribution is 0.436. The first kappa shape index (κ1) is 15.2. The molecule has 8 heteroatoms. The number of rotatable bonds is 3. The quantitative estimate of drug-likeness (QED) is 0.901. The normalized spacial score (nSPS) is 19.1. The van der Waals surface area contributed by atoms with Gasteiger partial charge in [-0.2, -0.15) is 0 Å². The molecule has 0 bridgehead atoms. The highest BCUT2D eigenvalue weighted by molar-refractivity contribution is 7.91. The number of primary sulfonamides is 1. The van der Waals surface area contributed by atoms with Crippen molar-refractivity contribution in [1.82, 2.24) is 0 Å². The SMILES string of the molecule is CC(N)(c1cc2cc(S(N)(=O)=O)sc2s1)C1CC1.Cl. The van der Waals surface area contributed by atoms with Crippen LogP contribution in [-0.4, -0.2) is 8.42 Å². The fraction of sp³-hybridized carbons (Fsp3) is 0.455. The second-order valence-corrected chi connectivity index (χ2v) is 9.17. The summed E-state index contributed by atoms with van der Waals surface area (Å²) in [7, 11) is -3.59. The van der Waals surface area contributed by atoms with Crippen LogP contribution in [0.3, 0.4) is 0 Å². The summed E-state index contributed by atoms with van der Waals surface area (Å²) in [4.78, 5) is 1.13. The largest absolute Gasteiger partial charge is 0.321 e. The average molecular weight is 339 g/mol. The predicted octanol–water partition coefficient (Wildman–Crippen LogP) is 2.62. The minimum Gasteiger partial charge on any atom is -0.321 e. The molecule has 1 fully saturated rings. The van der Waals surface area contributed by atoms with Crippen LogP contribution < -0.4 is 10.9 Å². The van der Waals surface area contributed by atoms with Gasteiger partial charge in [0.2, 0.25) is 10.0 Å². The van der Waals surface area contributed by atoms with E-state index in [1.807, 2.05) is 6.07 Å². The molecule has 1 aliphatic carbocycles. The average Bonchev–Trinajstić information content (AvgIpc) is 2.87. The van der Waals surface area contributed by atoms with Crippen molar-refractivity contribution in [2.75, 3.05) is 0 Å². The molecular weight excluding hydrogens is 324 g/mol. The van der Waals surface area contributed by atoms with E-state index in [0.29, 0.717) is 5.92 Å². The Bertz CT molecular complexity index is 682. The summed E-state index contributed by atoms with van der Waals surface area (Å²) in [6, 6.07) is 3.64. The van der Waals surface area contributed by atoms with Gasteiger partial charge in [-0.3, -0.25) is 0 Å². The van der Waals surface area contributed by atoms with Crippen molar-refractivity contribution in [2.45, 2.75) is 29.5 Å². The van der Waals surface area contributed by atoms with Gasteiger partial charge in [-0.15, -0.1) is 35.1 Å². The van der Waals surface area contributed by atoms with Crippen LogP contribution in [0.4, 0.5) is 0 Å². The van der Waals surface area contributed by atoms with Crippen LogP contribution in [0.1, 0.15) is 24.6 Å². The second kappa shape index (κ2) is 4.68. The topological polar surface area (TPSA) is 86.2 Å². The molecule has 0 spiro atoms. The number of thiophene rings is 2. The second-order valence-electron chi connectivity index (χ2n) is 5.02. The van der Waals surface area contributed by atoms with Crippen LogP contribution in [0, 0.1) is 5.92 Å². The highest BCUT2D eigenvalue weighted by Crippen LogP contribution is 2.48. The monoisotopic (exact) mass is 338 g/mol. The number of halogens is 1. The van der Waals surface area contributed by atoms with E-state index >= 15 is 0 Å². The Labute approximate surface area is 126 Å². The van der Waals surface area contributed by atoms with E-state index in [9.17, 15) is 8.42 Å². The maximum Gasteiger partial charge on any atom is 0.247 e. The zero-order valence-corrected chi connectivity index (χ0v) is 13.5. The van der Waals surface area contributed by atoms with Gasteiger partial charge in [0, 0.05) is 10.3 Å². The number of fused-ring (bicyclic) bond motifs is 1. The third kappa shape index (κ3) is 2.68. The summed E-state index contributed by atoms with van der Waals surface area (Å²) in [5.74, 6) is 0.558. The molecule has 2 aromatic heterocycles. The molecule has 2 aromatic rings. The first-order valence-electron chi connectivity index (χ1n) is 5.64. The van der Waals surface area contributed by atoms with Gasteiger partial charge in [0.25, 0.3) is 0 Å². The summed E-state index contributed by atoms with van der Waals surface area (Å²) in [5.41, 5.74) is 6.08. The van der Waals surface area contributed by atoms with E-state index < -0.39 is 10.0 Å². The summed E-state index contributed by atoms with van der Waals surface area (Å²) in [5, 5.41) is 6.06. The van der Waals surface area contributed by atoms with E-state index in [4.69, 9.17) is 10.9 Å². The molecule has 0 aliphatic heterocycles. The van der Waals surface area contributed by atoms with Crippen LogP contribution in [0.5, 0.6) is 0 Å². The Morgan fingerprint density at radius 1 is 1.32 bits per heavy atom. The molecule has 0 aromatic carbocycles. The van der Waals surface area contributed by atoms with Crippen molar-refractivity contribution in [1.29, 1.82) is 0 Å². The van der Waals surface area contributed by atoms with Crippen molar-refractivity contribution in [3.63, 3.8) is 0 Å². The minimum atomic E-state index is -3.59. The van der Waals surface area contributed by atoms with Crippen molar-refractivity contribution in [3.05, 3.63) is 17.0 Å². The van der Waals surface area contributed by atoms with Gasteiger partial charge in [-0.05, 0) is 37.8 Å². The van der Waals surface area contributed by atoms with Gasteiger partial charge in [-0.25, -0.2) is 13.6 Å². The third-order valence-electron chi connectivity index (χ3n) is 3.43. The fourth-order valence-corrected chi connectivity index (χ4v) is 5.59. The number of nitrogens with two attached hydrogens (primary N) is 2. The molecule has 3 rings (SSSR count). The van der Waals surface area contributed by atoms with Crippen molar-refractivity contribution >= 4 is 54.5 Å². The zero-order valence-electron chi connectivity index (χ0n) is 10.3. The summed E-state index contributed by atoms with van der Waals surface area (Å²) >= 11 is 2.81. The zero-order chi connectivity index (χ0) is 13.1. The van der Waals surface area contributed by atoms with E-state index in [1.165, 1.54) is 24.2 Å². The Kier molecular flexibility index (Phi) is 3.75. The van der Waals surface area contributed by atoms with Crippen LogP contribution in [-0.2, 0) is 15.6 Å². The molecule has 106 valence electrons. The van der Waals surface area contributed by atoms with Crippen molar-refractivity contribution in [2.24, 2.45) is 16.8 Å². The maximum absolute atomic E-state index is 11.3.